The van der Waals surface area contributed by atoms with Crippen molar-refractivity contribution in [2.45, 2.75) is 18.6 Å². The summed E-state index contributed by atoms with van der Waals surface area (Å²) in [6, 6.07) is 7.39. The highest BCUT2D eigenvalue weighted by atomic mass is 35.5. The molecule has 0 aliphatic carbocycles. The maximum atomic E-state index is 12.9. The van der Waals surface area contributed by atoms with Crippen molar-refractivity contribution in [1.82, 2.24) is 9.80 Å². The second kappa shape index (κ2) is 6.86. The average Bonchev–Trinajstić information content (AvgIpc) is 2.93. The summed E-state index contributed by atoms with van der Waals surface area (Å²) < 4.78 is 11.3. The third kappa shape index (κ3) is 2.93. The first-order valence-electron chi connectivity index (χ1n) is 7.44. The number of likely N-dealkylation sites (tertiary alicyclic amines) is 1. The fraction of sp³-hybridized carbons (Fsp3) is 0.562. The molecule has 2 fully saturated rings. The first-order chi connectivity index (χ1) is 10.2. The van der Waals surface area contributed by atoms with Crippen LogP contribution in [0.4, 0.5) is 0 Å². The van der Waals surface area contributed by atoms with Crippen LogP contribution in [0.3, 0.4) is 0 Å². The molecule has 0 bridgehead atoms. The number of carbonyl (C=O) groups excluding carboxylic acids is 1. The Balaban J connectivity index is 0.00000176. The van der Waals surface area contributed by atoms with Gasteiger partial charge in [0.05, 0.1) is 19.3 Å². The largest absolute Gasteiger partial charge is 0.496 e. The molecule has 2 aliphatic rings. The van der Waals surface area contributed by atoms with Crippen LogP contribution in [-0.4, -0.2) is 61.8 Å². The van der Waals surface area contributed by atoms with Crippen LogP contribution in [0.2, 0.25) is 0 Å². The van der Waals surface area contributed by atoms with Crippen molar-refractivity contribution >= 4 is 18.3 Å². The number of hydrogen-bond acceptors (Lipinski definition) is 4. The van der Waals surface area contributed by atoms with E-state index >= 15 is 0 Å². The molecule has 0 atom stereocenters. The smallest absolute Gasteiger partial charge is 0.259 e. The van der Waals surface area contributed by atoms with E-state index in [2.05, 4.69) is 11.9 Å². The molecule has 2 saturated heterocycles. The highest BCUT2D eigenvalue weighted by Crippen LogP contribution is 2.36. The zero-order valence-corrected chi connectivity index (χ0v) is 13.9. The predicted molar refractivity (Wildman–Crippen MR) is 86.7 cm³/mol. The van der Waals surface area contributed by atoms with Crippen LogP contribution in [0.1, 0.15) is 23.2 Å². The fourth-order valence-corrected chi connectivity index (χ4v) is 3.24. The number of amides is 1. The molecule has 0 N–H and O–H groups in total. The Morgan fingerprint density at radius 2 is 1.91 bits per heavy atom. The van der Waals surface area contributed by atoms with Gasteiger partial charge in [-0.1, -0.05) is 12.1 Å². The third-order valence-electron chi connectivity index (χ3n) is 4.53. The summed E-state index contributed by atoms with van der Waals surface area (Å²) in [6.07, 6.45) is 1.73. The van der Waals surface area contributed by atoms with Crippen molar-refractivity contribution in [3.8, 4) is 5.75 Å². The highest BCUT2D eigenvalue weighted by molar-refractivity contribution is 5.97. The number of para-hydroxylation sites is 1. The molecule has 0 saturated carbocycles. The third-order valence-corrected chi connectivity index (χ3v) is 4.53. The maximum Gasteiger partial charge on any atom is 0.259 e. The number of rotatable bonds is 2. The lowest BCUT2D eigenvalue weighted by molar-refractivity contribution is -0.102. The molecule has 1 aromatic carbocycles. The van der Waals surface area contributed by atoms with E-state index < -0.39 is 5.72 Å². The summed E-state index contributed by atoms with van der Waals surface area (Å²) in [4.78, 5) is 17.1. The van der Waals surface area contributed by atoms with E-state index in [1.165, 1.54) is 0 Å². The zero-order valence-electron chi connectivity index (χ0n) is 13.1. The van der Waals surface area contributed by atoms with Crippen LogP contribution in [0.5, 0.6) is 5.75 Å². The number of benzene rings is 1. The van der Waals surface area contributed by atoms with Crippen LogP contribution in [0.15, 0.2) is 24.3 Å². The van der Waals surface area contributed by atoms with Gasteiger partial charge in [-0.05, 0) is 19.2 Å². The molecule has 2 aliphatic heterocycles. The van der Waals surface area contributed by atoms with E-state index in [-0.39, 0.29) is 18.3 Å². The van der Waals surface area contributed by atoms with E-state index in [1.807, 2.05) is 29.2 Å². The van der Waals surface area contributed by atoms with Gasteiger partial charge in [0.2, 0.25) is 0 Å². The normalized spacial score (nSPS) is 20.7. The van der Waals surface area contributed by atoms with Crippen LogP contribution < -0.4 is 4.74 Å². The van der Waals surface area contributed by atoms with Crippen molar-refractivity contribution in [3.05, 3.63) is 29.8 Å². The summed E-state index contributed by atoms with van der Waals surface area (Å²) in [5.74, 6) is 0.631. The molecule has 0 aromatic heterocycles. The highest BCUT2D eigenvalue weighted by Gasteiger charge is 2.47. The summed E-state index contributed by atoms with van der Waals surface area (Å²) in [5, 5.41) is 0. The lowest BCUT2D eigenvalue weighted by Crippen LogP contribution is -2.54. The van der Waals surface area contributed by atoms with Gasteiger partial charge >= 0.3 is 0 Å². The van der Waals surface area contributed by atoms with Gasteiger partial charge in [-0.25, -0.2) is 0 Å². The van der Waals surface area contributed by atoms with E-state index in [0.29, 0.717) is 24.5 Å². The van der Waals surface area contributed by atoms with Crippen molar-refractivity contribution in [2.75, 3.05) is 40.4 Å². The number of methoxy groups -OCH3 is 1. The Morgan fingerprint density at radius 1 is 1.23 bits per heavy atom. The van der Waals surface area contributed by atoms with Gasteiger partial charge in [0, 0.05) is 32.5 Å². The van der Waals surface area contributed by atoms with Gasteiger partial charge in [0.25, 0.3) is 5.91 Å². The van der Waals surface area contributed by atoms with Crippen molar-refractivity contribution < 1.29 is 14.3 Å². The summed E-state index contributed by atoms with van der Waals surface area (Å²) in [6.45, 7) is 3.18. The SMILES string of the molecule is COc1ccccc1C(=O)N1CCOC12CCN(C)CC2.Cl. The molecule has 1 amide bonds. The quantitative estimate of drug-likeness (QED) is 0.834. The summed E-state index contributed by atoms with van der Waals surface area (Å²) >= 11 is 0. The van der Waals surface area contributed by atoms with Crippen molar-refractivity contribution in [2.24, 2.45) is 0 Å². The van der Waals surface area contributed by atoms with Gasteiger partial charge < -0.3 is 19.3 Å². The number of piperidine rings is 1. The summed E-state index contributed by atoms with van der Waals surface area (Å²) in [7, 11) is 3.70. The van der Waals surface area contributed by atoms with Crippen LogP contribution in [0, 0.1) is 0 Å². The molecular weight excluding hydrogens is 304 g/mol. The fourth-order valence-electron chi connectivity index (χ4n) is 3.24. The van der Waals surface area contributed by atoms with Gasteiger partial charge in [-0.3, -0.25) is 4.79 Å². The monoisotopic (exact) mass is 326 g/mol. The molecule has 5 nitrogen and oxygen atoms in total. The van der Waals surface area contributed by atoms with Crippen LogP contribution in [0.25, 0.3) is 0 Å². The Morgan fingerprint density at radius 3 is 2.59 bits per heavy atom. The minimum absolute atomic E-state index is 0. The second-order valence-corrected chi connectivity index (χ2v) is 5.76. The second-order valence-electron chi connectivity index (χ2n) is 5.76. The molecule has 1 aromatic rings. The Kier molecular flexibility index (Phi) is 5.32. The maximum absolute atomic E-state index is 12.9. The van der Waals surface area contributed by atoms with Crippen molar-refractivity contribution in [3.63, 3.8) is 0 Å². The van der Waals surface area contributed by atoms with Crippen LogP contribution >= 0.6 is 12.4 Å². The molecule has 3 rings (SSSR count). The standard InChI is InChI=1S/C16H22N2O3.ClH/c1-17-9-7-16(8-10-17)18(11-12-21-16)15(19)13-5-3-4-6-14(13)20-2;/h3-6H,7-12H2,1-2H3;1H. The van der Waals surface area contributed by atoms with Gasteiger partial charge in [-0.2, -0.15) is 0 Å². The first-order valence-corrected chi connectivity index (χ1v) is 7.44. The topological polar surface area (TPSA) is 42.0 Å². The Bertz CT molecular complexity index is 530. The Labute approximate surface area is 137 Å². The van der Waals surface area contributed by atoms with Gasteiger partial charge in [0.15, 0.2) is 0 Å². The number of carbonyl (C=O) groups is 1. The van der Waals surface area contributed by atoms with E-state index in [9.17, 15) is 4.79 Å². The van der Waals surface area contributed by atoms with Gasteiger partial charge in [-0.15, -0.1) is 12.4 Å². The predicted octanol–water partition coefficient (Wildman–Crippen LogP) is 2.01. The van der Waals surface area contributed by atoms with E-state index in [1.54, 1.807) is 7.11 Å². The number of nitrogens with zero attached hydrogens (tertiary/aromatic N) is 2. The van der Waals surface area contributed by atoms with E-state index in [4.69, 9.17) is 9.47 Å². The van der Waals surface area contributed by atoms with Gasteiger partial charge in [0.1, 0.15) is 11.5 Å². The zero-order chi connectivity index (χ0) is 14.9. The molecule has 2 heterocycles. The minimum Gasteiger partial charge on any atom is -0.496 e. The molecule has 6 heteroatoms. The molecular formula is C16H23ClN2O3. The minimum atomic E-state index is -0.426. The average molecular weight is 327 g/mol. The number of halogens is 1. The Hall–Kier alpha value is -1.30. The van der Waals surface area contributed by atoms with Crippen molar-refractivity contribution in [1.29, 1.82) is 0 Å². The van der Waals surface area contributed by atoms with E-state index in [0.717, 1.165) is 25.9 Å². The lowest BCUT2D eigenvalue weighted by atomic mass is 9.98. The number of hydrogen-bond donors (Lipinski definition) is 0. The molecule has 0 radical (unpaired) electrons. The van der Waals surface area contributed by atoms with Crippen LogP contribution in [-0.2, 0) is 4.74 Å². The molecule has 1 spiro atoms. The lowest BCUT2D eigenvalue weighted by Gasteiger charge is -2.42. The first kappa shape index (κ1) is 17.1. The summed E-state index contributed by atoms with van der Waals surface area (Å²) in [5.41, 5.74) is 0.188. The molecule has 122 valence electrons. The number of ether oxygens (including phenoxy) is 2. The molecule has 0 unspecified atom stereocenters. The molecule has 22 heavy (non-hydrogen) atoms.